The summed E-state index contributed by atoms with van der Waals surface area (Å²) in [4.78, 5) is 0. The second kappa shape index (κ2) is 8.17. The smallest absolute Gasteiger partial charge is 0.0690 e. The van der Waals surface area contributed by atoms with Crippen LogP contribution >= 0.6 is 0 Å². The molecule has 0 amide bonds. The number of para-hydroxylation sites is 1. The highest BCUT2D eigenvalue weighted by atomic mass is 14.9. The number of nitrogens with one attached hydrogen (secondary N) is 1. The highest BCUT2D eigenvalue weighted by Gasteiger charge is 2.54. The quantitative estimate of drug-likeness (QED) is 0.261. The van der Waals surface area contributed by atoms with Gasteiger partial charge in [-0.3, -0.25) is 0 Å². The van der Waals surface area contributed by atoms with E-state index in [2.05, 4.69) is 139 Å². The van der Waals surface area contributed by atoms with Crippen molar-refractivity contribution in [1.29, 1.82) is 0 Å². The van der Waals surface area contributed by atoms with Gasteiger partial charge in [0.15, 0.2) is 0 Å². The first-order valence-electron chi connectivity index (χ1n) is 13.6. The van der Waals surface area contributed by atoms with Crippen molar-refractivity contribution in [2.45, 2.75) is 17.4 Å². The summed E-state index contributed by atoms with van der Waals surface area (Å²) in [5.41, 5.74) is 20.2. The van der Waals surface area contributed by atoms with Crippen LogP contribution in [0.1, 0.15) is 34.2 Å². The van der Waals surface area contributed by atoms with Crippen LogP contribution in [0.15, 0.2) is 145 Å². The Bertz CT molecular complexity index is 1770. The Labute approximate surface area is 229 Å². The molecule has 0 bridgehead atoms. The van der Waals surface area contributed by atoms with Crippen molar-refractivity contribution in [3.63, 3.8) is 0 Å². The van der Waals surface area contributed by atoms with Crippen LogP contribution in [0.25, 0.3) is 16.7 Å². The number of nitrogens with two attached hydrogens (primary N) is 1. The first-order valence-corrected chi connectivity index (χ1v) is 13.6. The second-order valence-corrected chi connectivity index (χ2v) is 10.9. The van der Waals surface area contributed by atoms with Crippen molar-refractivity contribution < 1.29 is 0 Å². The Kier molecular flexibility index (Phi) is 4.68. The first kappa shape index (κ1) is 22.3. The summed E-state index contributed by atoms with van der Waals surface area (Å²) in [6.45, 7) is 0. The second-order valence-electron chi connectivity index (χ2n) is 10.9. The molecule has 0 heterocycles. The van der Waals surface area contributed by atoms with Crippen LogP contribution in [-0.2, 0) is 11.0 Å². The van der Waals surface area contributed by atoms with Crippen LogP contribution in [0.3, 0.4) is 0 Å². The summed E-state index contributed by atoms with van der Waals surface area (Å²) in [6.07, 6.45) is 5.25. The molecule has 5 aromatic rings. The van der Waals surface area contributed by atoms with Crippen LogP contribution in [0.4, 0.5) is 11.4 Å². The molecule has 1 spiro atoms. The normalized spacial score (nSPS) is 19.4. The van der Waals surface area contributed by atoms with Gasteiger partial charge < -0.3 is 11.1 Å². The number of allylic oxidation sites excluding steroid dienone is 2. The average Bonchev–Trinajstić information content (AvgIpc) is 3.45. The number of hydrogen-bond acceptors (Lipinski definition) is 2. The third kappa shape index (κ3) is 3.07. The maximum absolute atomic E-state index is 7.26. The number of anilines is 2. The summed E-state index contributed by atoms with van der Waals surface area (Å²) in [6, 6.07) is 45.7. The van der Waals surface area contributed by atoms with Gasteiger partial charge in [-0.2, -0.15) is 0 Å². The van der Waals surface area contributed by atoms with E-state index in [1.54, 1.807) is 0 Å². The van der Waals surface area contributed by atoms with Gasteiger partial charge in [0.25, 0.3) is 0 Å². The Morgan fingerprint density at radius 3 is 1.87 bits per heavy atom. The van der Waals surface area contributed by atoms with Gasteiger partial charge in [0.1, 0.15) is 0 Å². The molecule has 0 aliphatic heterocycles. The Morgan fingerprint density at radius 1 is 0.564 bits per heavy atom. The van der Waals surface area contributed by atoms with Crippen LogP contribution in [0.2, 0.25) is 0 Å². The van der Waals surface area contributed by atoms with E-state index in [1.807, 2.05) is 6.07 Å². The van der Waals surface area contributed by atoms with Crippen molar-refractivity contribution in [1.82, 2.24) is 0 Å². The van der Waals surface area contributed by atoms with Gasteiger partial charge in [0, 0.05) is 11.4 Å². The maximum Gasteiger partial charge on any atom is 0.0690 e. The van der Waals surface area contributed by atoms with E-state index in [-0.39, 0.29) is 0 Å². The SMILES string of the molecule is NC1(c2ccccc2)C=CC2=C(C1)C1(c3cc(Nc4ccccc4)ccc32)c2ccccc2-c2ccccc21. The number of benzene rings is 5. The number of hydrogen-bond donors (Lipinski definition) is 2. The third-order valence-electron chi connectivity index (χ3n) is 8.83. The molecule has 2 nitrogen and oxygen atoms in total. The zero-order valence-electron chi connectivity index (χ0n) is 21.6. The molecule has 0 saturated heterocycles. The van der Waals surface area contributed by atoms with Crippen LogP contribution in [-0.4, -0.2) is 0 Å². The first-order chi connectivity index (χ1) is 19.2. The molecule has 1 unspecified atom stereocenters. The monoisotopic (exact) mass is 500 g/mol. The number of fused-ring (bicyclic) bond motifs is 9. The standard InChI is InChI=1S/C37H28N2/c38-36(25-11-3-1-4-12-25)22-21-31-30-20-19-27(39-26-13-5-2-6-14-26)23-34(30)37(35(31)24-36)32-17-9-7-15-28(32)29-16-8-10-18-33(29)37/h1-23,39H,24,38H2. The van der Waals surface area contributed by atoms with Gasteiger partial charge >= 0.3 is 0 Å². The molecule has 0 saturated carbocycles. The molecule has 3 N–H and O–H groups in total. The molecule has 1 atom stereocenters. The van der Waals surface area contributed by atoms with E-state index >= 15 is 0 Å². The van der Waals surface area contributed by atoms with E-state index in [0.29, 0.717) is 0 Å². The zero-order chi connectivity index (χ0) is 26.0. The summed E-state index contributed by atoms with van der Waals surface area (Å²) in [5, 5.41) is 3.65. The van der Waals surface area contributed by atoms with E-state index in [4.69, 9.17) is 5.73 Å². The van der Waals surface area contributed by atoms with E-state index in [9.17, 15) is 0 Å². The van der Waals surface area contributed by atoms with Gasteiger partial charge in [0.05, 0.1) is 11.0 Å². The van der Waals surface area contributed by atoms with Gasteiger partial charge in [0.2, 0.25) is 0 Å². The molecule has 5 aromatic carbocycles. The lowest BCUT2D eigenvalue weighted by Gasteiger charge is -2.38. The van der Waals surface area contributed by atoms with Crippen LogP contribution in [0, 0.1) is 0 Å². The fourth-order valence-electron chi connectivity index (χ4n) is 7.18. The zero-order valence-corrected chi connectivity index (χ0v) is 21.6. The van der Waals surface area contributed by atoms with Gasteiger partial charge in [-0.1, -0.05) is 115 Å². The fraction of sp³-hybridized carbons (Fsp3) is 0.0811. The van der Waals surface area contributed by atoms with E-state index in [0.717, 1.165) is 23.4 Å². The Morgan fingerprint density at radius 2 is 1.18 bits per heavy atom. The molecule has 39 heavy (non-hydrogen) atoms. The Hall–Kier alpha value is -4.66. The highest BCUT2D eigenvalue weighted by Crippen LogP contribution is 2.64. The minimum absolute atomic E-state index is 0.392. The molecule has 2 heteroatoms. The van der Waals surface area contributed by atoms with Crippen molar-refractivity contribution >= 4 is 16.9 Å². The molecule has 0 aromatic heterocycles. The van der Waals surface area contributed by atoms with Crippen molar-refractivity contribution in [2.24, 2.45) is 5.73 Å². The molecule has 0 fully saturated rings. The summed E-state index contributed by atoms with van der Waals surface area (Å²) < 4.78 is 0. The van der Waals surface area contributed by atoms with Gasteiger partial charge in [-0.05, 0) is 80.8 Å². The van der Waals surface area contributed by atoms with E-state index in [1.165, 1.54) is 44.5 Å². The molecule has 8 rings (SSSR count). The molecular formula is C37H28N2. The predicted octanol–water partition coefficient (Wildman–Crippen LogP) is 8.33. The predicted molar refractivity (Wildman–Crippen MR) is 161 cm³/mol. The minimum Gasteiger partial charge on any atom is -0.356 e. The summed E-state index contributed by atoms with van der Waals surface area (Å²) in [7, 11) is 0. The largest absolute Gasteiger partial charge is 0.356 e. The molecule has 0 radical (unpaired) electrons. The molecule has 3 aliphatic carbocycles. The maximum atomic E-state index is 7.26. The topological polar surface area (TPSA) is 38.0 Å². The summed E-state index contributed by atoms with van der Waals surface area (Å²) >= 11 is 0. The van der Waals surface area contributed by atoms with Crippen molar-refractivity contribution in [2.75, 3.05) is 5.32 Å². The lowest BCUT2D eigenvalue weighted by atomic mass is 9.65. The van der Waals surface area contributed by atoms with E-state index < -0.39 is 11.0 Å². The van der Waals surface area contributed by atoms with Crippen molar-refractivity contribution in [3.8, 4) is 11.1 Å². The lowest BCUT2D eigenvalue weighted by Crippen LogP contribution is -2.40. The lowest BCUT2D eigenvalue weighted by molar-refractivity contribution is 0.520. The highest BCUT2D eigenvalue weighted by molar-refractivity contribution is 5.98. The number of rotatable bonds is 3. The van der Waals surface area contributed by atoms with Gasteiger partial charge in [-0.25, -0.2) is 0 Å². The fourth-order valence-corrected chi connectivity index (χ4v) is 7.18. The van der Waals surface area contributed by atoms with Crippen LogP contribution < -0.4 is 11.1 Å². The molecule has 186 valence electrons. The minimum atomic E-state index is -0.577. The Balaban J connectivity index is 1.39. The van der Waals surface area contributed by atoms with Crippen LogP contribution in [0.5, 0.6) is 0 Å². The van der Waals surface area contributed by atoms with Crippen molar-refractivity contribution in [3.05, 3.63) is 173 Å². The summed E-state index contributed by atoms with van der Waals surface area (Å²) in [5.74, 6) is 0. The molecular weight excluding hydrogens is 472 g/mol. The van der Waals surface area contributed by atoms with Gasteiger partial charge in [-0.15, -0.1) is 0 Å². The third-order valence-corrected chi connectivity index (χ3v) is 8.83. The molecule has 3 aliphatic rings. The average molecular weight is 501 g/mol.